The van der Waals surface area contributed by atoms with Crippen LogP contribution in [0.5, 0.6) is 0 Å². The molecule has 2 N–H and O–H groups in total. The molecule has 7 heteroatoms. The van der Waals surface area contributed by atoms with Gasteiger partial charge < -0.3 is 10.6 Å². The molecule has 0 bridgehead atoms. The highest BCUT2D eigenvalue weighted by atomic mass is 35.5. The van der Waals surface area contributed by atoms with Gasteiger partial charge in [0.1, 0.15) is 6.04 Å². The molecule has 2 aromatic carbocycles. The number of aryl methyl sites for hydroxylation is 1. The van der Waals surface area contributed by atoms with E-state index in [-0.39, 0.29) is 22.5 Å². The van der Waals surface area contributed by atoms with E-state index in [0.717, 1.165) is 23.3 Å². The predicted octanol–water partition coefficient (Wildman–Crippen LogP) is 5.42. The Balaban J connectivity index is 2.08. The van der Waals surface area contributed by atoms with Gasteiger partial charge in [-0.2, -0.15) is 13.2 Å². The fourth-order valence-corrected chi connectivity index (χ4v) is 2.75. The lowest BCUT2D eigenvalue weighted by atomic mass is 10.0. The van der Waals surface area contributed by atoms with Crippen LogP contribution >= 0.6 is 11.6 Å². The van der Waals surface area contributed by atoms with Crippen molar-refractivity contribution in [2.45, 2.75) is 39.5 Å². The number of amides is 1. The molecule has 1 amide bonds. The fraction of sp³-hybridized carbons (Fsp3) is 0.350. The van der Waals surface area contributed by atoms with Gasteiger partial charge in [-0.3, -0.25) is 4.79 Å². The summed E-state index contributed by atoms with van der Waals surface area (Å²) in [4.78, 5) is 12.6. The number of nitrogens with one attached hydrogen (secondary N) is 2. The van der Waals surface area contributed by atoms with Crippen molar-refractivity contribution < 1.29 is 18.0 Å². The highest BCUT2D eigenvalue weighted by Crippen LogP contribution is 2.34. The van der Waals surface area contributed by atoms with Gasteiger partial charge in [-0.05, 0) is 36.6 Å². The number of carbonyl (C=O) groups is 1. The summed E-state index contributed by atoms with van der Waals surface area (Å²) in [5, 5.41) is 5.73. The molecule has 0 saturated carbocycles. The average Bonchev–Trinajstić information content (AvgIpc) is 2.58. The number of benzene rings is 2. The Labute approximate surface area is 161 Å². The standard InChI is InChI=1S/C20H22ClF3N2O/c1-12(2)18(19(27)25-11-14-6-4-13(3)5-7-14)26-17-9-8-15(10-16(17)21)20(22,23)24/h4-10,12,18,26H,11H2,1-3H3,(H,25,27)/t18-/m0/s1. The Bertz CT molecular complexity index is 789. The number of anilines is 1. The second-order valence-electron chi connectivity index (χ2n) is 6.76. The third kappa shape index (κ3) is 5.89. The second-order valence-corrected chi connectivity index (χ2v) is 7.17. The molecule has 146 valence electrons. The van der Waals surface area contributed by atoms with Gasteiger partial charge in [0, 0.05) is 6.54 Å². The van der Waals surface area contributed by atoms with Gasteiger partial charge in [0.2, 0.25) is 5.91 Å². The molecular formula is C20H22ClF3N2O. The van der Waals surface area contributed by atoms with E-state index in [1.54, 1.807) is 0 Å². The van der Waals surface area contributed by atoms with Crippen LogP contribution in [0.25, 0.3) is 0 Å². The summed E-state index contributed by atoms with van der Waals surface area (Å²) in [5.74, 6) is -0.345. The monoisotopic (exact) mass is 398 g/mol. The van der Waals surface area contributed by atoms with Crippen LogP contribution in [0, 0.1) is 12.8 Å². The summed E-state index contributed by atoms with van der Waals surface area (Å²) in [5.41, 5.74) is 1.55. The number of rotatable bonds is 6. The normalized spacial score (nSPS) is 12.7. The fourth-order valence-electron chi connectivity index (χ4n) is 2.52. The lowest BCUT2D eigenvalue weighted by Gasteiger charge is -2.24. The highest BCUT2D eigenvalue weighted by molar-refractivity contribution is 6.33. The molecule has 0 aliphatic heterocycles. The summed E-state index contributed by atoms with van der Waals surface area (Å²) in [6.07, 6.45) is -4.47. The summed E-state index contributed by atoms with van der Waals surface area (Å²) in [6, 6.07) is 10.2. The molecule has 0 fully saturated rings. The smallest absolute Gasteiger partial charge is 0.372 e. The van der Waals surface area contributed by atoms with Gasteiger partial charge in [0.15, 0.2) is 0 Å². The largest absolute Gasteiger partial charge is 0.416 e. The van der Waals surface area contributed by atoms with Crippen LogP contribution in [0.4, 0.5) is 18.9 Å². The summed E-state index contributed by atoms with van der Waals surface area (Å²) in [7, 11) is 0. The second kappa shape index (κ2) is 8.65. The molecule has 0 heterocycles. The van der Waals surface area contributed by atoms with Gasteiger partial charge >= 0.3 is 6.18 Å². The van der Waals surface area contributed by atoms with Crippen molar-refractivity contribution >= 4 is 23.2 Å². The molecule has 2 rings (SSSR count). The van der Waals surface area contributed by atoms with Crippen molar-refractivity contribution in [3.63, 3.8) is 0 Å². The zero-order valence-corrected chi connectivity index (χ0v) is 16.1. The number of alkyl halides is 3. The highest BCUT2D eigenvalue weighted by Gasteiger charge is 2.31. The Morgan fingerprint density at radius 1 is 1.11 bits per heavy atom. The summed E-state index contributed by atoms with van der Waals surface area (Å²) < 4.78 is 38.3. The zero-order valence-electron chi connectivity index (χ0n) is 15.3. The van der Waals surface area contributed by atoms with E-state index in [9.17, 15) is 18.0 Å². The molecule has 0 unspecified atom stereocenters. The van der Waals surface area contributed by atoms with Gasteiger partial charge in [-0.25, -0.2) is 0 Å². The minimum atomic E-state index is -4.47. The molecule has 1 atom stereocenters. The molecule has 2 aromatic rings. The maximum atomic E-state index is 12.8. The van der Waals surface area contributed by atoms with Crippen LogP contribution in [0.3, 0.4) is 0 Å². The molecule has 0 aromatic heterocycles. The van der Waals surface area contributed by atoms with Crippen molar-refractivity contribution in [3.05, 3.63) is 64.2 Å². The van der Waals surface area contributed by atoms with Crippen LogP contribution < -0.4 is 10.6 Å². The van der Waals surface area contributed by atoms with Crippen LogP contribution in [-0.4, -0.2) is 11.9 Å². The first-order chi connectivity index (χ1) is 12.6. The summed E-state index contributed by atoms with van der Waals surface area (Å²) in [6.45, 7) is 6.04. The van der Waals surface area contributed by atoms with E-state index in [1.165, 1.54) is 6.07 Å². The molecule has 3 nitrogen and oxygen atoms in total. The van der Waals surface area contributed by atoms with Crippen molar-refractivity contribution in [1.82, 2.24) is 5.32 Å². The quantitative estimate of drug-likeness (QED) is 0.682. The Morgan fingerprint density at radius 2 is 1.74 bits per heavy atom. The third-order valence-corrected chi connectivity index (χ3v) is 4.46. The van der Waals surface area contributed by atoms with E-state index in [4.69, 9.17) is 11.6 Å². The van der Waals surface area contributed by atoms with Crippen molar-refractivity contribution in [1.29, 1.82) is 0 Å². The van der Waals surface area contributed by atoms with Gasteiger partial charge in [0.05, 0.1) is 16.3 Å². The Morgan fingerprint density at radius 3 is 2.26 bits per heavy atom. The minimum Gasteiger partial charge on any atom is -0.372 e. The van der Waals surface area contributed by atoms with Gasteiger partial charge in [0.25, 0.3) is 0 Å². The van der Waals surface area contributed by atoms with Crippen LogP contribution in [0.15, 0.2) is 42.5 Å². The molecule has 0 aliphatic rings. The molecular weight excluding hydrogens is 377 g/mol. The van der Waals surface area contributed by atoms with E-state index >= 15 is 0 Å². The third-order valence-electron chi connectivity index (χ3n) is 4.14. The molecule has 27 heavy (non-hydrogen) atoms. The van der Waals surface area contributed by atoms with E-state index < -0.39 is 17.8 Å². The van der Waals surface area contributed by atoms with Crippen molar-refractivity contribution in [2.24, 2.45) is 5.92 Å². The van der Waals surface area contributed by atoms with Gasteiger partial charge in [-0.1, -0.05) is 55.3 Å². The number of carbonyl (C=O) groups excluding carboxylic acids is 1. The van der Waals surface area contributed by atoms with E-state index in [1.807, 2.05) is 45.0 Å². The molecule has 0 aliphatic carbocycles. The topological polar surface area (TPSA) is 41.1 Å². The molecule has 0 spiro atoms. The molecule has 0 radical (unpaired) electrons. The van der Waals surface area contributed by atoms with Crippen molar-refractivity contribution in [2.75, 3.05) is 5.32 Å². The van der Waals surface area contributed by atoms with E-state index in [0.29, 0.717) is 6.54 Å². The summed E-state index contributed by atoms with van der Waals surface area (Å²) >= 11 is 5.98. The number of hydrogen-bond donors (Lipinski definition) is 2. The Kier molecular flexibility index (Phi) is 6.76. The maximum Gasteiger partial charge on any atom is 0.416 e. The maximum absolute atomic E-state index is 12.8. The first kappa shape index (κ1) is 21.1. The van der Waals surface area contributed by atoms with Crippen LogP contribution in [0.1, 0.15) is 30.5 Å². The number of halogens is 4. The lowest BCUT2D eigenvalue weighted by Crippen LogP contribution is -2.42. The van der Waals surface area contributed by atoms with Crippen LogP contribution in [0.2, 0.25) is 5.02 Å². The predicted molar refractivity (Wildman–Crippen MR) is 102 cm³/mol. The van der Waals surface area contributed by atoms with Crippen LogP contribution in [-0.2, 0) is 17.5 Å². The zero-order chi connectivity index (χ0) is 20.2. The Hall–Kier alpha value is -2.21. The van der Waals surface area contributed by atoms with Gasteiger partial charge in [-0.15, -0.1) is 0 Å². The average molecular weight is 399 g/mol. The SMILES string of the molecule is Cc1ccc(CNC(=O)[C@@H](Nc2ccc(C(F)(F)F)cc2Cl)C(C)C)cc1. The first-order valence-corrected chi connectivity index (χ1v) is 8.92. The van der Waals surface area contributed by atoms with E-state index in [2.05, 4.69) is 10.6 Å². The number of hydrogen-bond acceptors (Lipinski definition) is 2. The minimum absolute atomic E-state index is 0.0817. The first-order valence-electron chi connectivity index (χ1n) is 8.54. The van der Waals surface area contributed by atoms with Crippen molar-refractivity contribution in [3.8, 4) is 0 Å². The molecule has 0 saturated heterocycles. The lowest BCUT2D eigenvalue weighted by molar-refractivity contribution is -0.137.